The summed E-state index contributed by atoms with van der Waals surface area (Å²) in [5.74, 6) is 0. The number of aryl methyl sites for hydroxylation is 1. The van der Waals surface area contributed by atoms with Crippen molar-refractivity contribution in [2.24, 2.45) is 0 Å². The Morgan fingerprint density at radius 3 is 2.41 bits per heavy atom. The van der Waals surface area contributed by atoms with Crippen molar-refractivity contribution < 1.29 is 13.2 Å². The minimum Gasteiger partial charge on any atom is -0.338 e. The molecule has 0 saturated carbocycles. The number of fused-ring (bicyclic) bond motifs is 1. The average molecular weight is 468 g/mol. The van der Waals surface area contributed by atoms with Crippen molar-refractivity contribution >= 4 is 44.2 Å². The number of halogens is 1. The molecule has 0 aliphatic rings. The fraction of sp³-hybridized carbons (Fsp3) is 0.125. The molecule has 0 bridgehead atoms. The molecule has 32 heavy (non-hydrogen) atoms. The number of nitrogens with one attached hydrogen (secondary N) is 2. The van der Waals surface area contributed by atoms with E-state index in [4.69, 9.17) is 11.6 Å². The van der Waals surface area contributed by atoms with Gasteiger partial charge >= 0.3 is 6.03 Å². The Balaban J connectivity index is 1.46. The van der Waals surface area contributed by atoms with Gasteiger partial charge in [-0.05, 0) is 67.4 Å². The van der Waals surface area contributed by atoms with Crippen LogP contribution in [0.4, 0.5) is 10.5 Å². The Morgan fingerprint density at radius 2 is 1.69 bits per heavy atom. The third-order valence-corrected chi connectivity index (χ3v) is 7.06. The molecule has 1 aromatic heterocycles. The van der Waals surface area contributed by atoms with E-state index in [1.807, 2.05) is 25.1 Å². The van der Waals surface area contributed by atoms with Crippen molar-refractivity contribution in [2.75, 3.05) is 11.9 Å². The van der Waals surface area contributed by atoms with E-state index < -0.39 is 10.0 Å². The van der Waals surface area contributed by atoms with E-state index in [9.17, 15) is 13.2 Å². The number of urea groups is 1. The van der Waals surface area contributed by atoms with Gasteiger partial charge in [-0.25, -0.2) is 17.2 Å². The number of nitrogens with zero attached hydrogens (tertiary/aromatic N) is 1. The molecule has 0 radical (unpaired) electrons. The first-order valence-corrected chi connectivity index (χ1v) is 11.9. The van der Waals surface area contributed by atoms with Gasteiger partial charge in [0.25, 0.3) is 10.0 Å². The molecule has 0 unspecified atom stereocenters. The van der Waals surface area contributed by atoms with E-state index in [-0.39, 0.29) is 10.9 Å². The molecule has 1 heterocycles. The minimum atomic E-state index is -3.70. The van der Waals surface area contributed by atoms with Crippen LogP contribution >= 0.6 is 11.6 Å². The molecule has 0 saturated heterocycles. The van der Waals surface area contributed by atoms with Gasteiger partial charge in [-0.1, -0.05) is 41.4 Å². The monoisotopic (exact) mass is 467 g/mol. The minimum absolute atomic E-state index is 0.242. The zero-order chi connectivity index (χ0) is 22.7. The number of carbonyl (C=O) groups excluding carboxylic acids is 1. The molecular formula is C24H22ClN3O3S. The molecular weight excluding hydrogens is 446 g/mol. The van der Waals surface area contributed by atoms with Crippen LogP contribution in [0.15, 0.2) is 83.9 Å². The molecule has 0 aliphatic heterocycles. The summed E-state index contributed by atoms with van der Waals surface area (Å²) < 4.78 is 27.5. The second-order valence-electron chi connectivity index (χ2n) is 7.46. The molecule has 164 valence electrons. The van der Waals surface area contributed by atoms with Gasteiger partial charge in [0.1, 0.15) is 0 Å². The Labute approximate surface area is 191 Å². The number of benzene rings is 3. The van der Waals surface area contributed by atoms with Gasteiger partial charge in [-0.15, -0.1) is 0 Å². The lowest BCUT2D eigenvalue weighted by Gasteiger charge is -2.10. The highest BCUT2D eigenvalue weighted by Crippen LogP contribution is 2.24. The zero-order valence-electron chi connectivity index (χ0n) is 17.4. The number of hydrogen-bond donors (Lipinski definition) is 2. The van der Waals surface area contributed by atoms with Crippen molar-refractivity contribution in [3.8, 4) is 0 Å². The maximum atomic E-state index is 13.1. The molecule has 0 atom stereocenters. The Morgan fingerprint density at radius 1 is 0.969 bits per heavy atom. The molecule has 2 amide bonds. The van der Waals surface area contributed by atoms with Crippen molar-refractivity contribution in [1.82, 2.24) is 9.29 Å². The van der Waals surface area contributed by atoms with Crippen molar-refractivity contribution in [1.29, 1.82) is 0 Å². The summed E-state index contributed by atoms with van der Waals surface area (Å²) >= 11 is 5.85. The predicted octanol–water partition coefficient (Wildman–Crippen LogP) is 5.20. The molecule has 6 nitrogen and oxygen atoms in total. The smallest absolute Gasteiger partial charge is 0.319 e. The molecule has 0 aliphatic carbocycles. The first-order chi connectivity index (χ1) is 15.3. The predicted molar refractivity (Wildman–Crippen MR) is 128 cm³/mol. The number of amides is 2. The van der Waals surface area contributed by atoms with Gasteiger partial charge in [0.15, 0.2) is 0 Å². The van der Waals surface area contributed by atoms with Gasteiger partial charge in [0.05, 0.1) is 10.4 Å². The van der Waals surface area contributed by atoms with Crippen LogP contribution in [0.3, 0.4) is 0 Å². The molecule has 4 aromatic rings. The van der Waals surface area contributed by atoms with Gasteiger partial charge in [0, 0.05) is 28.8 Å². The van der Waals surface area contributed by atoms with Crippen LogP contribution in [0, 0.1) is 6.92 Å². The molecule has 4 rings (SSSR count). The van der Waals surface area contributed by atoms with Crippen LogP contribution in [0.2, 0.25) is 5.02 Å². The van der Waals surface area contributed by atoms with E-state index in [1.165, 1.54) is 3.97 Å². The Hall–Kier alpha value is -3.29. The summed E-state index contributed by atoms with van der Waals surface area (Å²) in [6, 6.07) is 20.8. The van der Waals surface area contributed by atoms with Gasteiger partial charge in [0.2, 0.25) is 0 Å². The third-order valence-electron chi connectivity index (χ3n) is 5.10. The first kappa shape index (κ1) is 21.9. The van der Waals surface area contributed by atoms with Gasteiger partial charge < -0.3 is 10.6 Å². The summed E-state index contributed by atoms with van der Waals surface area (Å²) in [6.45, 7) is 2.31. The second-order valence-corrected chi connectivity index (χ2v) is 9.71. The number of aromatic nitrogens is 1. The normalized spacial score (nSPS) is 11.4. The highest BCUT2D eigenvalue weighted by molar-refractivity contribution is 7.90. The largest absolute Gasteiger partial charge is 0.338 e. The Kier molecular flexibility index (Phi) is 6.21. The van der Waals surface area contributed by atoms with Crippen LogP contribution in [0.1, 0.15) is 11.1 Å². The van der Waals surface area contributed by atoms with Gasteiger partial charge in [-0.3, -0.25) is 0 Å². The lowest BCUT2D eigenvalue weighted by Crippen LogP contribution is -2.30. The average Bonchev–Trinajstić information content (AvgIpc) is 3.20. The molecule has 0 fully saturated rings. The quantitative estimate of drug-likeness (QED) is 0.408. The van der Waals surface area contributed by atoms with Crippen molar-refractivity contribution in [3.63, 3.8) is 0 Å². The van der Waals surface area contributed by atoms with E-state index in [0.717, 1.165) is 16.5 Å². The summed E-state index contributed by atoms with van der Waals surface area (Å²) in [5.41, 5.74) is 3.17. The number of hydrogen-bond acceptors (Lipinski definition) is 3. The van der Waals surface area contributed by atoms with Crippen LogP contribution in [-0.4, -0.2) is 25.0 Å². The molecule has 0 spiro atoms. The fourth-order valence-corrected chi connectivity index (χ4v) is 4.84. The summed E-state index contributed by atoms with van der Waals surface area (Å²) in [4.78, 5) is 12.3. The molecule has 8 heteroatoms. The van der Waals surface area contributed by atoms with Crippen LogP contribution in [0.25, 0.3) is 10.9 Å². The van der Waals surface area contributed by atoms with Crippen molar-refractivity contribution in [2.45, 2.75) is 18.2 Å². The SMILES string of the molecule is Cc1ccc(S(=O)(=O)n2ccc3ccc(CCNC(=O)Nc4ccc(Cl)cc4)cc32)cc1. The lowest BCUT2D eigenvalue weighted by molar-refractivity contribution is 0.252. The highest BCUT2D eigenvalue weighted by Gasteiger charge is 2.18. The highest BCUT2D eigenvalue weighted by atomic mass is 35.5. The summed E-state index contributed by atoms with van der Waals surface area (Å²) in [5, 5.41) is 6.97. The van der Waals surface area contributed by atoms with Crippen LogP contribution in [0.5, 0.6) is 0 Å². The van der Waals surface area contributed by atoms with E-state index in [2.05, 4.69) is 10.6 Å². The number of anilines is 1. The van der Waals surface area contributed by atoms with E-state index in [1.54, 1.807) is 60.8 Å². The van der Waals surface area contributed by atoms with Crippen molar-refractivity contribution in [3.05, 3.63) is 95.1 Å². The second kappa shape index (κ2) is 9.06. The maximum absolute atomic E-state index is 13.1. The summed E-state index contributed by atoms with van der Waals surface area (Å²) in [7, 11) is -3.70. The first-order valence-electron chi connectivity index (χ1n) is 10.1. The van der Waals surface area contributed by atoms with Gasteiger partial charge in [-0.2, -0.15) is 0 Å². The standard InChI is InChI=1S/C24H22ClN3O3S/c1-17-2-10-22(11-3-17)32(30,31)28-15-13-19-5-4-18(16-23(19)28)12-14-26-24(29)27-21-8-6-20(25)7-9-21/h2-11,13,15-16H,12,14H2,1H3,(H2,26,27,29). The molecule has 3 aromatic carbocycles. The number of rotatable bonds is 6. The maximum Gasteiger partial charge on any atom is 0.319 e. The molecule has 2 N–H and O–H groups in total. The Bertz CT molecular complexity index is 1360. The van der Waals surface area contributed by atoms with E-state index in [0.29, 0.717) is 29.2 Å². The topological polar surface area (TPSA) is 80.2 Å². The van der Waals surface area contributed by atoms with Crippen LogP contribution in [-0.2, 0) is 16.4 Å². The third kappa shape index (κ3) is 4.79. The zero-order valence-corrected chi connectivity index (χ0v) is 19.0. The van der Waals surface area contributed by atoms with E-state index >= 15 is 0 Å². The fourth-order valence-electron chi connectivity index (χ4n) is 3.37. The lowest BCUT2D eigenvalue weighted by atomic mass is 10.1. The van der Waals surface area contributed by atoms with Crippen LogP contribution < -0.4 is 10.6 Å². The number of carbonyl (C=O) groups is 1. The summed E-state index contributed by atoms with van der Waals surface area (Å²) in [6.07, 6.45) is 2.13.